The lowest BCUT2D eigenvalue weighted by Crippen LogP contribution is -2.22. The zero-order valence-electron chi connectivity index (χ0n) is 15.4. The van der Waals surface area contributed by atoms with Gasteiger partial charge in [-0.1, -0.05) is 47.7 Å². The van der Waals surface area contributed by atoms with Crippen LogP contribution in [0.5, 0.6) is 5.75 Å². The quantitative estimate of drug-likeness (QED) is 0.544. The number of fused-ring (bicyclic) bond motifs is 3. The van der Waals surface area contributed by atoms with Crippen molar-refractivity contribution in [3.63, 3.8) is 0 Å². The third-order valence-corrected chi connectivity index (χ3v) is 5.08. The molecule has 3 aromatic carbocycles. The molecule has 142 valence electrons. The molecule has 6 nitrogen and oxygen atoms in total. The van der Waals surface area contributed by atoms with Crippen molar-refractivity contribution in [2.24, 2.45) is 0 Å². The lowest BCUT2D eigenvalue weighted by atomic mass is 9.93. The molecule has 0 N–H and O–H groups in total. The molecule has 0 aliphatic carbocycles. The second-order valence-electron chi connectivity index (χ2n) is 6.82. The van der Waals surface area contributed by atoms with Crippen molar-refractivity contribution >= 4 is 22.6 Å². The van der Waals surface area contributed by atoms with E-state index in [2.05, 4.69) is 10.3 Å². The fourth-order valence-electron chi connectivity index (χ4n) is 3.65. The Labute approximate surface area is 166 Å². The van der Waals surface area contributed by atoms with Gasteiger partial charge in [0.25, 0.3) is 0 Å². The molecule has 0 fully saturated rings. The van der Waals surface area contributed by atoms with Gasteiger partial charge in [0.05, 0.1) is 18.0 Å². The van der Waals surface area contributed by atoms with Gasteiger partial charge in [0.15, 0.2) is 0 Å². The van der Waals surface area contributed by atoms with Gasteiger partial charge in [-0.25, -0.2) is 4.68 Å². The number of hydrogen-bond acceptors (Lipinski definition) is 5. The number of nitrogens with zero attached hydrogens (tertiary/aromatic N) is 3. The number of aromatic nitrogens is 3. The summed E-state index contributed by atoms with van der Waals surface area (Å²) in [6.45, 7) is 0.899. The van der Waals surface area contributed by atoms with E-state index in [1.165, 1.54) is 6.07 Å². The van der Waals surface area contributed by atoms with E-state index in [9.17, 15) is 9.90 Å². The second-order valence-corrected chi connectivity index (χ2v) is 6.82. The van der Waals surface area contributed by atoms with E-state index < -0.39 is 5.97 Å². The Morgan fingerprint density at radius 3 is 2.79 bits per heavy atom. The molecule has 0 bridgehead atoms. The zero-order valence-corrected chi connectivity index (χ0v) is 15.4. The molecule has 0 unspecified atom stereocenters. The highest BCUT2D eigenvalue weighted by molar-refractivity contribution is 5.91. The molecule has 0 saturated carbocycles. The average molecular weight is 382 g/mol. The maximum absolute atomic E-state index is 11.4. The first-order chi connectivity index (χ1) is 14.2. The van der Waals surface area contributed by atoms with Crippen LogP contribution in [-0.4, -0.2) is 21.0 Å². The van der Waals surface area contributed by atoms with Crippen molar-refractivity contribution in [1.82, 2.24) is 15.0 Å². The predicted octanol–water partition coefficient (Wildman–Crippen LogP) is 2.82. The number of ether oxygens (including phenoxy) is 1. The lowest BCUT2D eigenvalue weighted by molar-refractivity contribution is -0.255. The number of rotatable bonds is 3. The third kappa shape index (κ3) is 3.04. The van der Waals surface area contributed by atoms with E-state index in [1.807, 2.05) is 59.3 Å². The molecule has 0 spiro atoms. The van der Waals surface area contributed by atoms with E-state index in [4.69, 9.17) is 4.74 Å². The summed E-state index contributed by atoms with van der Waals surface area (Å²) < 4.78 is 7.78. The summed E-state index contributed by atoms with van der Waals surface area (Å²) >= 11 is 0. The van der Waals surface area contributed by atoms with E-state index in [0.717, 1.165) is 33.3 Å². The number of carboxylic acid groups (broad SMARTS) is 1. The number of carbonyl (C=O) groups is 1. The van der Waals surface area contributed by atoms with Crippen LogP contribution in [0.1, 0.15) is 27.0 Å². The summed E-state index contributed by atoms with van der Waals surface area (Å²) in [5.41, 5.74) is 5.54. The molecule has 2 heterocycles. The lowest BCUT2D eigenvalue weighted by Gasteiger charge is -2.13. The maximum atomic E-state index is 11.4. The topological polar surface area (TPSA) is 80.1 Å². The average Bonchev–Trinajstić information content (AvgIpc) is 3.09. The Kier molecular flexibility index (Phi) is 4.09. The molecule has 0 saturated heterocycles. The third-order valence-electron chi connectivity index (χ3n) is 5.08. The number of carbonyl (C=O) groups excluding carboxylic acids is 1. The monoisotopic (exact) mass is 382 g/mol. The first-order valence-electron chi connectivity index (χ1n) is 9.26. The van der Waals surface area contributed by atoms with E-state index in [1.54, 1.807) is 12.1 Å². The molecular formula is C23H16N3O3-. The van der Waals surface area contributed by atoms with Crippen molar-refractivity contribution in [2.45, 2.75) is 13.2 Å². The first kappa shape index (κ1) is 17.2. The Balaban J connectivity index is 1.66. The van der Waals surface area contributed by atoms with Crippen LogP contribution in [0, 0.1) is 0 Å². The van der Waals surface area contributed by atoms with Gasteiger partial charge < -0.3 is 14.6 Å². The number of para-hydroxylation sites is 1. The van der Waals surface area contributed by atoms with Crippen LogP contribution >= 0.6 is 0 Å². The minimum absolute atomic E-state index is 0.115. The highest BCUT2D eigenvalue weighted by Crippen LogP contribution is 2.37. The van der Waals surface area contributed by atoms with Gasteiger partial charge in [-0.05, 0) is 52.6 Å². The Hall–Kier alpha value is -3.93. The van der Waals surface area contributed by atoms with Crippen molar-refractivity contribution in [2.75, 3.05) is 0 Å². The van der Waals surface area contributed by atoms with E-state index in [-0.39, 0.29) is 5.56 Å². The first-order valence-corrected chi connectivity index (χ1v) is 9.26. The summed E-state index contributed by atoms with van der Waals surface area (Å²) in [4.78, 5) is 11.4. The molecule has 0 atom stereocenters. The number of hydrogen-bond donors (Lipinski definition) is 0. The standard InChI is InChI=1S/C23H17N3O3/c27-23(28)15-9-10-22-19(13-15)18(17-6-2-1-5-16(17)14-29-22)11-12-26-21-8-4-3-7-20(21)24-25-26/h1-11,13H,12,14H2,(H,27,28)/p-1/b18-11+. The van der Waals surface area contributed by atoms with Crippen LogP contribution < -0.4 is 9.84 Å². The maximum Gasteiger partial charge on any atom is 0.127 e. The van der Waals surface area contributed by atoms with E-state index >= 15 is 0 Å². The largest absolute Gasteiger partial charge is 0.545 e. The van der Waals surface area contributed by atoms with Gasteiger partial charge in [-0.2, -0.15) is 0 Å². The van der Waals surface area contributed by atoms with Crippen LogP contribution in [-0.2, 0) is 13.2 Å². The molecule has 1 aliphatic rings. The molecule has 6 heteroatoms. The summed E-state index contributed by atoms with van der Waals surface area (Å²) in [5, 5.41) is 19.9. The smallest absolute Gasteiger partial charge is 0.127 e. The number of carboxylic acids is 1. The van der Waals surface area contributed by atoms with Crippen molar-refractivity contribution < 1.29 is 14.6 Å². The Morgan fingerprint density at radius 2 is 1.90 bits per heavy atom. The van der Waals surface area contributed by atoms with E-state index in [0.29, 0.717) is 18.9 Å². The normalized spacial score (nSPS) is 14.1. The van der Waals surface area contributed by atoms with Crippen molar-refractivity contribution in [1.29, 1.82) is 0 Å². The second kappa shape index (κ2) is 6.91. The molecule has 0 amide bonds. The highest BCUT2D eigenvalue weighted by atomic mass is 16.5. The minimum Gasteiger partial charge on any atom is -0.545 e. The van der Waals surface area contributed by atoms with Crippen LogP contribution in [0.2, 0.25) is 0 Å². The zero-order chi connectivity index (χ0) is 19.8. The molecule has 29 heavy (non-hydrogen) atoms. The fraction of sp³-hybridized carbons (Fsp3) is 0.0870. The number of allylic oxidation sites excluding steroid dienone is 1. The molecule has 1 aliphatic heterocycles. The highest BCUT2D eigenvalue weighted by Gasteiger charge is 2.19. The molecule has 4 aromatic rings. The van der Waals surface area contributed by atoms with Gasteiger partial charge in [0, 0.05) is 5.56 Å². The molecular weight excluding hydrogens is 366 g/mol. The van der Waals surface area contributed by atoms with Gasteiger partial charge in [0.1, 0.15) is 17.9 Å². The fourth-order valence-corrected chi connectivity index (χ4v) is 3.65. The van der Waals surface area contributed by atoms with Gasteiger partial charge in [-0.3, -0.25) is 0 Å². The summed E-state index contributed by atoms with van der Waals surface area (Å²) in [7, 11) is 0. The van der Waals surface area contributed by atoms with Gasteiger partial charge in [-0.15, -0.1) is 5.10 Å². The van der Waals surface area contributed by atoms with Crippen LogP contribution in [0.15, 0.2) is 72.8 Å². The van der Waals surface area contributed by atoms with Gasteiger partial charge >= 0.3 is 0 Å². The van der Waals surface area contributed by atoms with Crippen molar-refractivity contribution in [3.8, 4) is 5.75 Å². The number of benzene rings is 3. The molecule has 5 rings (SSSR count). The Bertz CT molecular complexity index is 1270. The van der Waals surface area contributed by atoms with Crippen LogP contribution in [0.4, 0.5) is 0 Å². The van der Waals surface area contributed by atoms with Gasteiger partial charge in [0.2, 0.25) is 0 Å². The van der Waals surface area contributed by atoms with Crippen molar-refractivity contribution in [3.05, 3.63) is 95.1 Å². The summed E-state index contributed by atoms with van der Waals surface area (Å²) in [6, 6.07) is 20.5. The summed E-state index contributed by atoms with van der Waals surface area (Å²) in [5.74, 6) is -0.576. The minimum atomic E-state index is -1.22. The predicted molar refractivity (Wildman–Crippen MR) is 106 cm³/mol. The van der Waals surface area contributed by atoms with Crippen LogP contribution in [0.3, 0.4) is 0 Å². The number of aromatic carboxylic acids is 1. The molecule has 0 radical (unpaired) electrons. The molecule has 1 aromatic heterocycles. The SMILES string of the molecule is O=C([O-])c1ccc2c(c1)/C(=C/Cn1nnc3ccccc31)c1ccccc1CO2. The van der Waals surface area contributed by atoms with Crippen LogP contribution in [0.25, 0.3) is 16.6 Å². The summed E-state index contributed by atoms with van der Waals surface area (Å²) in [6.07, 6.45) is 2.03. The Morgan fingerprint density at radius 1 is 1.07 bits per heavy atom.